The van der Waals surface area contributed by atoms with Crippen molar-refractivity contribution in [2.45, 2.75) is 12.5 Å². The van der Waals surface area contributed by atoms with Crippen molar-refractivity contribution in [2.75, 3.05) is 25.0 Å². The smallest absolute Gasteiger partial charge is 0.263 e. The van der Waals surface area contributed by atoms with Crippen LogP contribution in [0.15, 0.2) is 42.6 Å². The average Bonchev–Trinajstić information content (AvgIpc) is 3.17. The number of carbonyl (C=O) groups is 1. The molecule has 0 bridgehead atoms. The highest BCUT2D eigenvalue weighted by Gasteiger charge is 2.17. The Morgan fingerprint density at radius 2 is 2.24 bits per heavy atom. The lowest BCUT2D eigenvalue weighted by Crippen LogP contribution is -2.21. The standard InChI is InChI=1S/C15H18N4O2/c20-15(11-21-13-4-2-1-3-5-13)17-14-7-9-19(18-14)12-6-8-16-10-12/h1-5,7,9,12,16H,6,8,10-11H2,(H,17,18,20). The summed E-state index contributed by atoms with van der Waals surface area (Å²) in [7, 11) is 0. The fourth-order valence-corrected chi connectivity index (χ4v) is 2.32. The van der Waals surface area contributed by atoms with Gasteiger partial charge >= 0.3 is 0 Å². The lowest BCUT2D eigenvalue weighted by Gasteiger charge is -2.08. The van der Waals surface area contributed by atoms with Crippen LogP contribution in [0.5, 0.6) is 5.75 Å². The minimum Gasteiger partial charge on any atom is -0.484 e. The highest BCUT2D eigenvalue weighted by molar-refractivity contribution is 5.90. The second kappa shape index (κ2) is 6.41. The molecule has 110 valence electrons. The van der Waals surface area contributed by atoms with Gasteiger partial charge in [0.05, 0.1) is 6.04 Å². The van der Waals surface area contributed by atoms with Gasteiger partial charge in [0.2, 0.25) is 0 Å². The highest BCUT2D eigenvalue weighted by atomic mass is 16.5. The number of nitrogens with zero attached hydrogens (tertiary/aromatic N) is 2. The summed E-state index contributed by atoms with van der Waals surface area (Å²) in [4.78, 5) is 11.8. The largest absolute Gasteiger partial charge is 0.484 e. The van der Waals surface area contributed by atoms with Gasteiger partial charge in [-0.25, -0.2) is 0 Å². The zero-order chi connectivity index (χ0) is 14.5. The molecular formula is C15H18N4O2. The molecule has 1 atom stereocenters. The third-order valence-corrected chi connectivity index (χ3v) is 3.40. The van der Waals surface area contributed by atoms with Gasteiger partial charge in [0.1, 0.15) is 5.75 Å². The maximum absolute atomic E-state index is 11.8. The molecule has 1 unspecified atom stereocenters. The first-order chi connectivity index (χ1) is 10.3. The molecule has 0 saturated carbocycles. The molecule has 2 N–H and O–H groups in total. The first kappa shape index (κ1) is 13.6. The van der Waals surface area contributed by atoms with E-state index in [-0.39, 0.29) is 12.5 Å². The van der Waals surface area contributed by atoms with Crippen LogP contribution in [0.1, 0.15) is 12.5 Å². The topological polar surface area (TPSA) is 68.2 Å². The van der Waals surface area contributed by atoms with E-state index in [1.165, 1.54) is 0 Å². The number of amides is 1. The van der Waals surface area contributed by atoms with Crippen LogP contribution in [-0.2, 0) is 4.79 Å². The molecule has 1 aromatic heterocycles. The zero-order valence-electron chi connectivity index (χ0n) is 11.7. The SMILES string of the molecule is O=C(COc1ccccc1)Nc1ccn(C2CCNC2)n1. The van der Waals surface area contributed by atoms with E-state index in [4.69, 9.17) is 4.74 Å². The maximum atomic E-state index is 11.8. The number of aromatic nitrogens is 2. The first-order valence-corrected chi connectivity index (χ1v) is 7.05. The van der Waals surface area contributed by atoms with Crippen LogP contribution >= 0.6 is 0 Å². The molecule has 6 nitrogen and oxygen atoms in total. The molecule has 0 aliphatic carbocycles. The van der Waals surface area contributed by atoms with Crippen LogP contribution in [0.25, 0.3) is 0 Å². The molecule has 1 aliphatic heterocycles. The van der Waals surface area contributed by atoms with Crippen molar-refractivity contribution in [3.8, 4) is 5.75 Å². The highest BCUT2D eigenvalue weighted by Crippen LogP contribution is 2.15. The molecule has 1 saturated heterocycles. The monoisotopic (exact) mass is 286 g/mol. The van der Waals surface area contributed by atoms with Crippen molar-refractivity contribution in [3.63, 3.8) is 0 Å². The first-order valence-electron chi connectivity index (χ1n) is 7.05. The van der Waals surface area contributed by atoms with Crippen molar-refractivity contribution in [2.24, 2.45) is 0 Å². The van der Waals surface area contributed by atoms with Gasteiger partial charge in [-0.15, -0.1) is 0 Å². The van der Waals surface area contributed by atoms with E-state index in [0.717, 1.165) is 19.5 Å². The van der Waals surface area contributed by atoms with E-state index in [0.29, 0.717) is 17.6 Å². The molecule has 21 heavy (non-hydrogen) atoms. The summed E-state index contributed by atoms with van der Waals surface area (Å²) in [5, 5.41) is 10.4. The summed E-state index contributed by atoms with van der Waals surface area (Å²) < 4.78 is 7.29. The van der Waals surface area contributed by atoms with Gasteiger partial charge in [0, 0.05) is 18.8 Å². The normalized spacial score (nSPS) is 17.6. The van der Waals surface area contributed by atoms with Crippen LogP contribution in [0.2, 0.25) is 0 Å². The number of anilines is 1. The van der Waals surface area contributed by atoms with Crippen molar-refractivity contribution in [3.05, 3.63) is 42.6 Å². The summed E-state index contributed by atoms with van der Waals surface area (Å²) >= 11 is 0. The predicted molar refractivity (Wildman–Crippen MR) is 79.3 cm³/mol. The van der Waals surface area contributed by atoms with Crippen LogP contribution in [-0.4, -0.2) is 35.4 Å². The van der Waals surface area contributed by atoms with Gasteiger partial charge in [-0.05, 0) is 25.1 Å². The molecule has 2 aromatic rings. The molecule has 0 radical (unpaired) electrons. The van der Waals surface area contributed by atoms with E-state index in [1.54, 1.807) is 6.07 Å². The van der Waals surface area contributed by atoms with Crippen molar-refractivity contribution in [1.29, 1.82) is 0 Å². The molecule has 1 amide bonds. The maximum Gasteiger partial charge on any atom is 0.263 e. The van der Waals surface area contributed by atoms with Crippen LogP contribution in [0.3, 0.4) is 0 Å². The fourth-order valence-electron chi connectivity index (χ4n) is 2.32. The van der Waals surface area contributed by atoms with Crippen LogP contribution in [0.4, 0.5) is 5.82 Å². The molecule has 6 heteroatoms. The number of rotatable bonds is 5. The van der Waals surface area contributed by atoms with E-state index >= 15 is 0 Å². The number of nitrogens with one attached hydrogen (secondary N) is 2. The zero-order valence-corrected chi connectivity index (χ0v) is 11.7. The second-order valence-corrected chi connectivity index (χ2v) is 4.98. The Morgan fingerprint density at radius 1 is 1.38 bits per heavy atom. The number of carbonyl (C=O) groups excluding carboxylic acids is 1. The Bertz CT molecular complexity index is 591. The number of para-hydroxylation sites is 1. The average molecular weight is 286 g/mol. The molecule has 1 aliphatic rings. The van der Waals surface area contributed by atoms with Gasteiger partial charge < -0.3 is 15.4 Å². The quantitative estimate of drug-likeness (QED) is 0.872. The lowest BCUT2D eigenvalue weighted by atomic mass is 10.3. The Morgan fingerprint density at radius 3 is 3.00 bits per heavy atom. The lowest BCUT2D eigenvalue weighted by molar-refractivity contribution is -0.118. The number of ether oxygens (including phenoxy) is 1. The van der Waals surface area contributed by atoms with Gasteiger partial charge in [-0.2, -0.15) is 5.10 Å². The summed E-state index contributed by atoms with van der Waals surface area (Å²) in [5.74, 6) is 1.02. The van der Waals surface area contributed by atoms with Gasteiger partial charge in [0.25, 0.3) is 5.91 Å². The number of benzene rings is 1. The Balaban J connectivity index is 1.50. The van der Waals surface area contributed by atoms with E-state index in [1.807, 2.05) is 41.2 Å². The van der Waals surface area contributed by atoms with Gasteiger partial charge in [-0.3, -0.25) is 9.48 Å². The van der Waals surface area contributed by atoms with Crippen LogP contribution < -0.4 is 15.4 Å². The van der Waals surface area contributed by atoms with E-state index in [2.05, 4.69) is 15.7 Å². The summed E-state index contributed by atoms with van der Waals surface area (Å²) in [6, 6.07) is 11.4. The molecule has 2 heterocycles. The van der Waals surface area contributed by atoms with Gasteiger partial charge in [-0.1, -0.05) is 18.2 Å². The second-order valence-electron chi connectivity index (χ2n) is 4.98. The Kier molecular flexibility index (Phi) is 4.16. The molecule has 3 rings (SSSR count). The third kappa shape index (κ3) is 3.61. The third-order valence-electron chi connectivity index (χ3n) is 3.40. The minimum absolute atomic E-state index is 0.0259. The fraction of sp³-hybridized carbons (Fsp3) is 0.333. The van der Waals surface area contributed by atoms with Crippen molar-refractivity contribution < 1.29 is 9.53 Å². The minimum atomic E-state index is -0.214. The Hall–Kier alpha value is -2.34. The van der Waals surface area contributed by atoms with Crippen molar-refractivity contribution in [1.82, 2.24) is 15.1 Å². The molecular weight excluding hydrogens is 268 g/mol. The summed E-state index contributed by atoms with van der Waals surface area (Å²) in [5.41, 5.74) is 0. The van der Waals surface area contributed by atoms with E-state index < -0.39 is 0 Å². The predicted octanol–water partition coefficient (Wildman–Crippen LogP) is 1.43. The van der Waals surface area contributed by atoms with Crippen molar-refractivity contribution >= 4 is 11.7 Å². The number of hydrogen-bond acceptors (Lipinski definition) is 4. The number of hydrogen-bond donors (Lipinski definition) is 2. The van der Waals surface area contributed by atoms with Crippen LogP contribution in [0, 0.1) is 0 Å². The summed E-state index contributed by atoms with van der Waals surface area (Å²) in [6.45, 7) is 1.91. The summed E-state index contributed by atoms with van der Waals surface area (Å²) in [6.07, 6.45) is 2.96. The van der Waals surface area contributed by atoms with E-state index in [9.17, 15) is 4.79 Å². The molecule has 0 spiro atoms. The van der Waals surface area contributed by atoms with Gasteiger partial charge in [0.15, 0.2) is 12.4 Å². The molecule has 1 aromatic carbocycles. The molecule has 1 fully saturated rings. The Labute approximate surface area is 123 Å².